The molecule has 0 saturated heterocycles. The van der Waals surface area contributed by atoms with Gasteiger partial charge in [0.15, 0.2) is 0 Å². The van der Waals surface area contributed by atoms with Gasteiger partial charge in [-0.05, 0) is 34.5 Å². The van der Waals surface area contributed by atoms with Gasteiger partial charge in [0, 0.05) is 12.7 Å². The Labute approximate surface area is 108 Å². The van der Waals surface area contributed by atoms with Gasteiger partial charge >= 0.3 is 0 Å². The summed E-state index contributed by atoms with van der Waals surface area (Å²) in [7, 11) is 0. The first kappa shape index (κ1) is 14.1. The Morgan fingerprint density at radius 3 is 2.71 bits per heavy atom. The Morgan fingerprint density at radius 2 is 2.06 bits per heavy atom. The van der Waals surface area contributed by atoms with E-state index in [4.69, 9.17) is 9.47 Å². The van der Waals surface area contributed by atoms with E-state index in [1.165, 1.54) is 6.07 Å². The Bertz CT molecular complexity index is 384. The molecule has 0 aliphatic rings. The van der Waals surface area contributed by atoms with Crippen LogP contribution in [-0.4, -0.2) is 24.7 Å². The third kappa shape index (κ3) is 4.80. The van der Waals surface area contributed by atoms with Gasteiger partial charge in [0.05, 0.1) is 29.2 Å². The van der Waals surface area contributed by atoms with E-state index in [2.05, 4.69) is 15.9 Å². The number of nitrogens with zero attached hydrogens (tertiary/aromatic N) is 1. The molecule has 0 saturated carbocycles. The van der Waals surface area contributed by atoms with E-state index in [0.717, 1.165) is 5.56 Å². The maximum Gasteiger partial charge on any atom is 0.283 e. The molecule has 0 aromatic heterocycles. The standard InChI is InChI=1S/C11H14BrNO4/c1-2-16-5-6-17-8-9-3-4-10(12)11(7-9)13(14)15/h3-4,7H,2,5-6,8H2,1H3. The van der Waals surface area contributed by atoms with Crippen molar-refractivity contribution in [3.8, 4) is 0 Å². The average Bonchev–Trinajstić information content (AvgIpc) is 2.30. The lowest BCUT2D eigenvalue weighted by Gasteiger charge is -2.05. The third-order valence-electron chi connectivity index (χ3n) is 2.05. The van der Waals surface area contributed by atoms with E-state index in [1.807, 2.05) is 6.92 Å². The summed E-state index contributed by atoms with van der Waals surface area (Å²) in [5.74, 6) is 0. The highest BCUT2D eigenvalue weighted by molar-refractivity contribution is 9.10. The van der Waals surface area contributed by atoms with Gasteiger partial charge in [0.25, 0.3) is 5.69 Å². The minimum absolute atomic E-state index is 0.0518. The van der Waals surface area contributed by atoms with Crippen molar-refractivity contribution in [1.29, 1.82) is 0 Å². The minimum Gasteiger partial charge on any atom is -0.379 e. The molecule has 0 aliphatic heterocycles. The van der Waals surface area contributed by atoms with E-state index in [1.54, 1.807) is 12.1 Å². The van der Waals surface area contributed by atoms with Crippen molar-refractivity contribution in [2.24, 2.45) is 0 Å². The molecule has 0 bridgehead atoms. The van der Waals surface area contributed by atoms with Crippen LogP contribution in [0.15, 0.2) is 22.7 Å². The average molecular weight is 304 g/mol. The molecule has 0 amide bonds. The molecule has 0 heterocycles. The molecule has 0 fully saturated rings. The van der Waals surface area contributed by atoms with E-state index in [0.29, 0.717) is 30.9 Å². The van der Waals surface area contributed by atoms with E-state index < -0.39 is 4.92 Å². The van der Waals surface area contributed by atoms with Crippen molar-refractivity contribution in [2.75, 3.05) is 19.8 Å². The van der Waals surface area contributed by atoms with Crippen LogP contribution in [0.2, 0.25) is 0 Å². The van der Waals surface area contributed by atoms with Crippen molar-refractivity contribution < 1.29 is 14.4 Å². The number of hydrogen-bond acceptors (Lipinski definition) is 4. The first-order valence-electron chi connectivity index (χ1n) is 5.23. The minimum atomic E-state index is -0.423. The van der Waals surface area contributed by atoms with Crippen molar-refractivity contribution >= 4 is 21.6 Å². The zero-order valence-electron chi connectivity index (χ0n) is 9.52. The molecule has 6 heteroatoms. The van der Waals surface area contributed by atoms with Gasteiger partial charge in [-0.15, -0.1) is 0 Å². The highest BCUT2D eigenvalue weighted by Gasteiger charge is 2.11. The number of hydrogen-bond donors (Lipinski definition) is 0. The van der Waals surface area contributed by atoms with Crippen LogP contribution in [0.4, 0.5) is 5.69 Å². The van der Waals surface area contributed by atoms with Crippen LogP contribution in [0.3, 0.4) is 0 Å². The van der Waals surface area contributed by atoms with Crippen LogP contribution >= 0.6 is 15.9 Å². The predicted octanol–water partition coefficient (Wildman–Crippen LogP) is 2.91. The molecule has 0 radical (unpaired) electrons. The van der Waals surface area contributed by atoms with Gasteiger partial charge in [-0.2, -0.15) is 0 Å². The Kier molecular flexibility index (Phi) is 6.10. The van der Waals surface area contributed by atoms with Gasteiger partial charge in [0.1, 0.15) is 0 Å². The second-order valence-corrected chi connectivity index (χ2v) is 4.15. The smallest absolute Gasteiger partial charge is 0.283 e. The summed E-state index contributed by atoms with van der Waals surface area (Å²) in [5.41, 5.74) is 0.826. The lowest BCUT2D eigenvalue weighted by molar-refractivity contribution is -0.385. The number of halogens is 1. The van der Waals surface area contributed by atoms with Gasteiger partial charge in [0.2, 0.25) is 0 Å². The van der Waals surface area contributed by atoms with Crippen LogP contribution in [-0.2, 0) is 16.1 Å². The topological polar surface area (TPSA) is 61.6 Å². The Morgan fingerprint density at radius 1 is 1.35 bits per heavy atom. The zero-order chi connectivity index (χ0) is 12.7. The molecule has 5 nitrogen and oxygen atoms in total. The first-order chi connectivity index (χ1) is 8.15. The summed E-state index contributed by atoms with van der Waals surface area (Å²) in [4.78, 5) is 10.3. The summed E-state index contributed by atoms with van der Waals surface area (Å²) in [6.07, 6.45) is 0. The first-order valence-corrected chi connectivity index (χ1v) is 6.02. The maximum absolute atomic E-state index is 10.7. The van der Waals surface area contributed by atoms with Crippen LogP contribution in [0.1, 0.15) is 12.5 Å². The number of benzene rings is 1. The second kappa shape index (κ2) is 7.37. The summed E-state index contributed by atoms with van der Waals surface area (Å²) < 4.78 is 10.9. The molecule has 1 aromatic carbocycles. The largest absolute Gasteiger partial charge is 0.379 e. The fourth-order valence-corrected chi connectivity index (χ4v) is 1.63. The molecular formula is C11H14BrNO4. The molecule has 1 rings (SSSR count). The van der Waals surface area contributed by atoms with E-state index in [-0.39, 0.29) is 5.69 Å². The zero-order valence-corrected chi connectivity index (χ0v) is 11.1. The molecule has 0 unspecified atom stereocenters. The molecule has 94 valence electrons. The van der Waals surface area contributed by atoms with Crippen LogP contribution in [0.5, 0.6) is 0 Å². The van der Waals surface area contributed by atoms with Crippen molar-refractivity contribution in [3.05, 3.63) is 38.3 Å². The quantitative estimate of drug-likeness (QED) is 0.441. The fourth-order valence-electron chi connectivity index (χ4n) is 1.24. The molecule has 0 spiro atoms. The molecule has 0 atom stereocenters. The van der Waals surface area contributed by atoms with Gasteiger partial charge in [-0.25, -0.2) is 0 Å². The number of ether oxygens (including phenoxy) is 2. The summed E-state index contributed by atoms with van der Waals surface area (Å²) >= 11 is 3.13. The van der Waals surface area contributed by atoms with Crippen molar-refractivity contribution in [3.63, 3.8) is 0 Å². The lowest BCUT2D eigenvalue weighted by Crippen LogP contribution is -2.04. The third-order valence-corrected chi connectivity index (χ3v) is 2.72. The molecule has 0 N–H and O–H groups in total. The summed E-state index contributed by atoms with van der Waals surface area (Å²) in [6.45, 7) is 3.94. The Balaban J connectivity index is 2.49. The normalized spacial score (nSPS) is 10.5. The predicted molar refractivity (Wildman–Crippen MR) is 66.9 cm³/mol. The number of nitro benzene ring substituents is 1. The SMILES string of the molecule is CCOCCOCc1ccc(Br)c([N+](=O)[O-])c1. The highest BCUT2D eigenvalue weighted by atomic mass is 79.9. The fraction of sp³-hybridized carbons (Fsp3) is 0.455. The second-order valence-electron chi connectivity index (χ2n) is 3.29. The van der Waals surface area contributed by atoms with E-state index >= 15 is 0 Å². The van der Waals surface area contributed by atoms with Crippen molar-refractivity contribution in [2.45, 2.75) is 13.5 Å². The molecular weight excluding hydrogens is 290 g/mol. The van der Waals surface area contributed by atoms with Gasteiger partial charge < -0.3 is 9.47 Å². The van der Waals surface area contributed by atoms with Crippen LogP contribution in [0.25, 0.3) is 0 Å². The molecule has 1 aromatic rings. The molecule has 0 aliphatic carbocycles. The van der Waals surface area contributed by atoms with E-state index in [9.17, 15) is 10.1 Å². The maximum atomic E-state index is 10.7. The molecule has 17 heavy (non-hydrogen) atoms. The summed E-state index contributed by atoms with van der Waals surface area (Å²) in [5, 5.41) is 10.7. The number of nitro groups is 1. The van der Waals surface area contributed by atoms with Crippen molar-refractivity contribution in [1.82, 2.24) is 0 Å². The number of rotatable bonds is 7. The van der Waals surface area contributed by atoms with Crippen LogP contribution in [0, 0.1) is 10.1 Å². The van der Waals surface area contributed by atoms with Gasteiger partial charge in [-0.1, -0.05) is 6.07 Å². The van der Waals surface area contributed by atoms with Gasteiger partial charge in [-0.3, -0.25) is 10.1 Å². The van der Waals surface area contributed by atoms with Crippen LogP contribution < -0.4 is 0 Å². The lowest BCUT2D eigenvalue weighted by atomic mass is 10.2. The monoisotopic (exact) mass is 303 g/mol. The summed E-state index contributed by atoms with van der Waals surface area (Å²) in [6, 6.07) is 4.95. The Hall–Kier alpha value is -0.980. The highest BCUT2D eigenvalue weighted by Crippen LogP contribution is 2.25.